The van der Waals surface area contributed by atoms with Gasteiger partial charge in [-0.3, -0.25) is 0 Å². The van der Waals surface area contributed by atoms with Crippen molar-refractivity contribution in [3.8, 4) is 5.75 Å². The first kappa shape index (κ1) is 19.6. The molecule has 1 heterocycles. The Hall–Kier alpha value is -1.46. The van der Waals surface area contributed by atoms with Crippen LogP contribution in [0.2, 0.25) is 0 Å². The van der Waals surface area contributed by atoms with Crippen LogP contribution in [-0.2, 0) is 4.74 Å². The van der Waals surface area contributed by atoms with E-state index in [0.29, 0.717) is 0 Å². The molecule has 0 aromatic heterocycles. The molecule has 0 bridgehead atoms. The number of ether oxygens (including phenoxy) is 1. The summed E-state index contributed by atoms with van der Waals surface area (Å²) in [5.41, 5.74) is 1.06. The number of unbranched alkanes of at least 4 members (excludes halogenated alkanes) is 1. The van der Waals surface area contributed by atoms with Gasteiger partial charge in [-0.25, -0.2) is 4.79 Å². The lowest BCUT2D eigenvalue weighted by Gasteiger charge is -2.28. The van der Waals surface area contributed by atoms with Crippen molar-refractivity contribution in [2.45, 2.75) is 38.7 Å². The number of likely N-dealkylation sites (tertiary alicyclic amines) is 1. The molecule has 0 atom stereocenters. The first-order valence-corrected chi connectivity index (χ1v) is 8.06. The molecule has 2 rings (SSSR count). The van der Waals surface area contributed by atoms with Crippen molar-refractivity contribution in [1.29, 1.82) is 0 Å². The molecule has 130 valence electrons. The lowest BCUT2D eigenvalue weighted by molar-refractivity contribution is -0.0000707. The molecular weight excluding hydrogens is 316 g/mol. The summed E-state index contributed by atoms with van der Waals surface area (Å²) >= 11 is 0. The van der Waals surface area contributed by atoms with Gasteiger partial charge in [0.05, 0.1) is 0 Å². The number of rotatable bonds is 6. The number of esters is 1. The van der Waals surface area contributed by atoms with E-state index in [2.05, 4.69) is 24.2 Å². The van der Waals surface area contributed by atoms with Gasteiger partial charge in [0.2, 0.25) is 0 Å². The van der Waals surface area contributed by atoms with Crippen molar-refractivity contribution in [3.63, 3.8) is 0 Å². The van der Waals surface area contributed by atoms with Gasteiger partial charge in [-0.15, -0.1) is 0 Å². The number of carbonyl (C=O) groups excluding carboxylic acids is 1. The number of phenolic OH excluding ortho intramolecular Hbond substituents is 1. The second kappa shape index (κ2) is 9.63. The number of phenols is 1. The highest BCUT2D eigenvalue weighted by molar-refractivity contribution is 5.93. The Kier molecular flexibility index (Phi) is 8.20. The van der Waals surface area contributed by atoms with E-state index in [1.54, 1.807) is 18.2 Å². The minimum absolute atomic E-state index is 0. The number of hydrogen-bond acceptors (Lipinski definition) is 5. The average Bonchev–Trinajstić information content (AvgIpc) is 2.50. The highest BCUT2D eigenvalue weighted by Crippen LogP contribution is 2.24. The van der Waals surface area contributed by atoms with Gasteiger partial charge in [0.25, 0.3) is 0 Å². The van der Waals surface area contributed by atoms with E-state index < -0.39 is 5.97 Å². The molecule has 0 unspecified atom stereocenters. The maximum atomic E-state index is 12.2. The van der Waals surface area contributed by atoms with Gasteiger partial charge in [0.15, 0.2) is 0 Å². The second-order valence-electron chi connectivity index (χ2n) is 5.92. The predicted octanol–water partition coefficient (Wildman–Crippen LogP) is -0.0283. The lowest BCUT2D eigenvalue weighted by Crippen LogP contribution is -3.00. The quantitative estimate of drug-likeness (QED) is 0.561. The van der Waals surface area contributed by atoms with E-state index in [1.165, 1.54) is 0 Å². The molecule has 0 aliphatic carbocycles. The first-order valence-electron chi connectivity index (χ1n) is 8.06. The van der Waals surface area contributed by atoms with Crippen LogP contribution in [0.5, 0.6) is 5.75 Å². The molecule has 6 heteroatoms. The Balaban J connectivity index is 0.00000264. The van der Waals surface area contributed by atoms with Crippen LogP contribution in [-0.4, -0.2) is 48.8 Å². The molecule has 0 amide bonds. The lowest BCUT2D eigenvalue weighted by atomic mass is 10.1. The molecule has 0 radical (unpaired) electrons. The van der Waals surface area contributed by atoms with Crippen LogP contribution in [0.15, 0.2) is 18.2 Å². The Morgan fingerprint density at radius 3 is 2.74 bits per heavy atom. The fourth-order valence-corrected chi connectivity index (χ4v) is 2.54. The fourth-order valence-electron chi connectivity index (χ4n) is 2.54. The third-order valence-corrected chi connectivity index (χ3v) is 4.02. The highest BCUT2D eigenvalue weighted by Gasteiger charge is 2.22. The van der Waals surface area contributed by atoms with Gasteiger partial charge >= 0.3 is 7.40 Å². The van der Waals surface area contributed by atoms with Crippen LogP contribution in [0.1, 0.15) is 44.4 Å². The SMILES string of the molecule is CCCCNc1ccc(C(=O)OC2CCN(C)CC2)c(O)c1.[Cl-].[H+]. The van der Waals surface area contributed by atoms with Crippen molar-refractivity contribution in [1.82, 2.24) is 4.90 Å². The summed E-state index contributed by atoms with van der Waals surface area (Å²) in [5.74, 6) is -0.466. The molecule has 1 fully saturated rings. The molecular formula is C17H27ClN2O3. The molecule has 1 aromatic carbocycles. The summed E-state index contributed by atoms with van der Waals surface area (Å²) < 4.78 is 5.50. The van der Waals surface area contributed by atoms with Crippen LogP contribution in [0.25, 0.3) is 0 Å². The maximum Gasteiger partial charge on any atom is 1.00 e. The normalized spacial score (nSPS) is 15.7. The molecule has 1 aliphatic heterocycles. The fraction of sp³-hybridized carbons (Fsp3) is 0.588. The number of piperidine rings is 1. The summed E-state index contributed by atoms with van der Waals surface area (Å²) in [5, 5.41) is 13.3. The van der Waals surface area contributed by atoms with Crippen LogP contribution in [0.4, 0.5) is 5.69 Å². The van der Waals surface area contributed by atoms with Gasteiger partial charge in [0.1, 0.15) is 17.4 Å². The zero-order chi connectivity index (χ0) is 15.9. The second-order valence-corrected chi connectivity index (χ2v) is 5.92. The first-order chi connectivity index (χ1) is 10.6. The number of halogens is 1. The summed E-state index contributed by atoms with van der Waals surface area (Å²) in [6, 6.07) is 5.02. The average molecular weight is 343 g/mol. The molecule has 1 aliphatic rings. The van der Waals surface area contributed by atoms with Crippen LogP contribution in [0, 0.1) is 0 Å². The topological polar surface area (TPSA) is 61.8 Å². The number of aromatic hydroxyl groups is 1. The Morgan fingerprint density at radius 1 is 1.43 bits per heavy atom. The molecule has 1 saturated heterocycles. The summed E-state index contributed by atoms with van der Waals surface area (Å²) in [4.78, 5) is 14.4. The maximum absolute atomic E-state index is 12.2. The van der Waals surface area contributed by atoms with Crippen molar-refractivity contribution in [3.05, 3.63) is 23.8 Å². The highest BCUT2D eigenvalue weighted by atomic mass is 35.5. The molecule has 0 spiro atoms. The Bertz CT molecular complexity index is 509. The minimum atomic E-state index is -0.438. The minimum Gasteiger partial charge on any atom is -1.00 e. The number of hydrogen-bond donors (Lipinski definition) is 2. The summed E-state index contributed by atoms with van der Waals surface area (Å²) in [6.07, 6.45) is 3.82. The summed E-state index contributed by atoms with van der Waals surface area (Å²) in [6.45, 7) is 4.85. The van der Waals surface area contributed by atoms with Gasteiger partial charge in [-0.1, -0.05) is 13.3 Å². The largest absolute Gasteiger partial charge is 1.00 e. The standard InChI is InChI=1S/C17H26N2O3.ClH/c1-3-4-9-18-13-5-6-15(16(20)12-13)17(21)22-14-7-10-19(2)11-8-14;/h5-6,12,14,18,20H,3-4,7-11H2,1-2H3;1H. The van der Waals surface area contributed by atoms with Crippen molar-refractivity contribution < 1.29 is 28.5 Å². The van der Waals surface area contributed by atoms with Gasteiger partial charge < -0.3 is 32.5 Å². The monoisotopic (exact) mass is 342 g/mol. The van der Waals surface area contributed by atoms with E-state index in [4.69, 9.17) is 4.74 Å². The number of benzene rings is 1. The van der Waals surface area contributed by atoms with Crippen molar-refractivity contribution >= 4 is 11.7 Å². The van der Waals surface area contributed by atoms with Crippen molar-refractivity contribution in [2.24, 2.45) is 0 Å². The molecule has 1 aromatic rings. The molecule has 0 saturated carbocycles. The number of carbonyl (C=O) groups is 1. The zero-order valence-electron chi connectivity index (χ0n) is 14.8. The predicted molar refractivity (Wildman–Crippen MR) is 88.6 cm³/mol. The van der Waals surface area contributed by atoms with E-state index in [-0.39, 0.29) is 31.3 Å². The number of anilines is 1. The Morgan fingerprint density at radius 2 is 2.13 bits per heavy atom. The van der Waals surface area contributed by atoms with Gasteiger partial charge in [-0.2, -0.15) is 0 Å². The summed E-state index contributed by atoms with van der Waals surface area (Å²) in [7, 11) is 2.06. The van der Waals surface area contributed by atoms with Gasteiger partial charge in [-0.05, 0) is 38.4 Å². The molecule has 23 heavy (non-hydrogen) atoms. The van der Waals surface area contributed by atoms with Crippen LogP contribution >= 0.6 is 0 Å². The molecule has 5 nitrogen and oxygen atoms in total. The van der Waals surface area contributed by atoms with Crippen molar-refractivity contribution in [2.75, 3.05) is 32.0 Å². The van der Waals surface area contributed by atoms with Crippen LogP contribution in [0.3, 0.4) is 0 Å². The zero-order valence-corrected chi connectivity index (χ0v) is 14.6. The van der Waals surface area contributed by atoms with Gasteiger partial charge in [0, 0.05) is 31.4 Å². The van der Waals surface area contributed by atoms with E-state index in [1.807, 2.05) is 0 Å². The number of nitrogens with one attached hydrogen (secondary N) is 1. The van der Waals surface area contributed by atoms with E-state index in [0.717, 1.165) is 51.0 Å². The van der Waals surface area contributed by atoms with E-state index >= 15 is 0 Å². The van der Waals surface area contributed by atoms with Crippen LogP contribution < -0.4 is 17.7 Å². The number of nitrogens with zero attached hydrogens (tertiary/aromatic N) is 1. The molecule has 2 N–H and O–H groups in total. The third kappa shape index (κ3) is 5.92. The Labute approximate surface area is 145 Å². The third-order valence-electron chi connectivity index (χ3n) is 4.02. The van der Waals surface area contributed by atoms with E-state index in [9.17, 15) is 9.90 Å². The smallest absolute Gasteiger partial charge is 1.00 e.